The van der Waals surface area contributed by atoms with Crippen molar-refractivity contribution in [2.75, 3.05) is 0 Å². The molecule has 7 atom stereocenters. The van der Waals surface area contributed by atoms with Crippen LogP contribution in [-0.4, -0.2) is 22.1 Å². The van der Waals surface area contributed by atoms with Gasteiger partial charge in [0.15, 0.2) is 0 Å². The van der Waals surface area contributed by atoms with E-state index in [1.54, 1.807) is 0 Å². The summed E-state index contributed by atoms with van der Waals surface area (Å²) < 4.78 is 0. The minimum atomic E-state index is -0.0767. The number of rotatable bonds is 0. The first kappa shape index (κ1) is 14.0. The van der Waals surface area contributed by atoms with Crippen LogP contribution in [0, 0.1) is 34.5 Å². The van der Waals surface area contributed by atoms with Crippen molar-refractivity contribution in [1.29, 1.82) is 0 Å². The predicted octanol–water partition coefficient (Wildman–Crippen LogP) is 3.83. The highest BCUT2D eigenvalue weighted by Crippen LogP contribution is 2.66. The van der Waals surface area contributed by atoms with Gasteiger partial charge in [0.25, 0.3) is 0 Å². The summed E-state index contributed by atoms with van der Waals surface area (Å²) in [5, 5.41) is 23.2. The van der Waals surface area contributed by atoms with Crippen LogP contribution in [0.25, 0.3) is 0 Å². The average Bonchev–Trinajstić information content (AvgIpc) is 2.96. The molecular formula is C18H29NO2. The van der Waals surface area contributed by atoms with E-state index in [9.17, 15) is 10.3 Å². The van der Waals surface area contributed by atoms with Gasteiger partial charge in [-0.2, -0.15) is 0 Å². The molecule has 0 heterocycles. The van der Waals surface area contributed by atoms with Crippen molar-refractivity contribution in [3.05, 3.63) is 0 Å². The third kappa shape index (κ3) is 1.73. The monoisotopic (exact) mass is 291 g/mol. The van der Waals surface area contributed by atoms with Crippen molar-refractivity contribution in [2.24, 2.45) is 39.7 Å². The zero-order valence-corrected chi connectivity index (χ0v) is 13.4. The highest BCUT2D eigenvalue weighted by atomic mass is 16.4. The van der Waals surface area contributed by atoms with Gasteiger partial charge < -0.3 is 10.3 Å². The first-order chi connectivity index (χ1) is 9.99. The molecule has 3 heteroatoms. The van der Waals surface area contributed by atoms with Crippen LogP contribution in [0.15, 0.2) is 5.16 Å². The molecule has 0 aromatic rings. The van der Waals surface area contributed by atoms with Crippen molar-refractivity contribution in [2.45, 2.75) is 71.3 Å². The maximum Gasteiger partial charge on any atom is 0.0596 e. The van der Waals surface area contributed by atoms with Crippen LogP contribution in [0.5, 0.6) is 0 Å². The lowest BCUT2D eigenvalue weighted by Crippen LogP contribution is -2.51. The second kappa shape index (κ2) is 4.47. The number of aliphatic hydroxyl groups excluding tert-OH is 1. The Bertz CT molecular complexity index is 476. The fourth-order valence-electron chi connectivity index (χ4n) is 6.99. The van der Waals surface area contributed by atoms with E-state index in [1.807, 2.05) is 0 Å². The molecule has 0 aromatic heterocycles. The maximum absolute atomic E-state index is 10.5. The molecule has 0 unspecified atom stereocenters. The van der Waals surface area contributed by atoms with Crippen molar-refractivity contribution in [3.8, 4) is 0 Å². The van der Waals surface area contributed by atoms with Crippen LogP contribution in [0.2, 0.25) is 0 Å². The number of oxime groups is 1. The van der Waals surface area contributed by atoms with Crippen LogP contribution in [-0.2, 0) is 0 Å². The molecule has 0 bridgehead atoms. The molecule has 4 rings (SSSR count). The Balaban J connectivity index is 1.65. The lowest BCUT2D eigenvalue weighted by atomic mass is 9.48. The quantitative estimate of drug-likeness (QED) is 0.526. The zero-order valence-electron chi connectivity index (χ0n) is 13.4. The lowest BCUT2D eigenvalue weighted by molar-refractivity contribution is -0.0989. The van der Waals surface area contributed by atoms with E-state index < -0.39 is 0 Å². The molecule has 4 saturated carbocycles. The molecule has 4 fully saturated rings. The predicted molar refractivity (Wildman–Crippen MR) is 82.3 cm³/mol. The Kier molecular flexibility index (Phi) is 2.99. The third-order valence-corrected chi connectivity index (χ3v) is 8.22. The van der Waals surface area contributed by atoms with Crippen LogP contribution < -0.4 is 0 Å². The van der Waals surface area contributed by atoms with Gasteiger partial charge in [-0.1, -0.05) is 19.0 Å². The number of hydrogen-bond donors (Lipinski definition) is 2. The van der Waals surface area contributed by atoms with E-state index >= 15 is 0 Å². The fraction of sp³-hybridized carbons (Fsp3) is 0.944. The van der Waals surface area contributed by atoms with E-state index in [0.717, 1.165) is 48.6 Å². The largest absolute Gasteiger partial charge is 0.411 e. The third-order valence-electron chi connectivity index (χ3n) is 8.22. The zero-order chi connectivity index (χ0) is 14.8. The second-order valence-corrected chi connectivity index (χ2v) is 8.84. The number of nitrogens with zero attached hydrogens (tertiary/aromatic N) is 1. The second-order valence-electron chi connectivity index (χ2n) is 8.84. The highest BCUT2D eigenvalue weighted by Gasteiger charge is 2.60. The van der Waals surface area contributed by atoms with E-state index in [-0.39, 0.29) is 11.5 Å². The molecule has 0 radical (unpaired) electrons. The molecule has 0 spiro atoms. The summed E-state index contributed by atoms with van der Waals surface area (Å²) in [6, 6.07) is 0. The molecule has 4 aliphatic carbocycles. The molecule has 4 aliphatic rings. The molecule has 3 nitrogen and oxygen atoms in total. The van der Waals surface area contributed by atoms with Gasteiger partial charge in [0.1, 0.15) is 0 Å². The van der Waals surface area contributed by atoms with Gasteiger partial charge in [-0.25, -0.2) is 0 Å². The molecule has 0 amide bonds. The summed E-state index contributed by atoms with van der Waals surface area (Å²) in [6.07, 6.45) is 9.24. The van der Waals surface area contributed by atoms with Crippen molar-refractivity contribution >= 4 is 5.71 Å². The minimum Gasteiger partial charge on any atom is -0.411 e. The van der Waals surface area contributed by atoms with Gasteiger partial charge in [0, 0.05) is 0 Å². The Morgan fingerprint density at radius 1 is 1.00 bits per heavy atom. The van der Waals surface area contributed by atoms with Crippen molar-refractivity contribution < 1.29 is 10.3 Å². The molecule has 21 heavy (non-hydrogen) atoms. The smallest absolute Gasteiger partial charge is 0.0596 e. The van der Waals surface area contributed by atoms with E-state index in [1.165, 1.54) is 32.1 Å². The Hall–Kier alpha value is -0.570. The molecule has 0 aliphatic heterocycles. The molecule has 2 N–H and O–H groups in total. The Morgan fingerprint density at radius 3 is 2.52 bits per heavy atom. The molecule has 118 valence electrons. The Morgan fingerprint density at radius 2 is 1.76 bits per heavy atom. The molecular weight excluding hydrogens is 262 g/mol. The van der Waals surface area contributed by atoms with Gasteiger partial charge in [0.05, 0.1) is 11.8 Å². The topological polar surface area (TPSA) is 52.8 Å². The summed E-state index contributed by atoms with van der Waals surface area (Å²) in [4.78, 5) is 0. The van der Waals surface area contributed by atoms with Crippen LogP contribution in [0.3, 0.4) is 0 Å². The van der Waals surface area contributed by atoms with Crippen LogP contribution in [0.4, 0.5) is 0 Å². The van der Waals surface area contributed by atoms with Gasteiger partial charge in [0.2, 0.25) is 0 Å². The number of aliphatic hydroxyl groups is 1. The van der Waals surface area contributed by atoms with E-state index in [0.29, 0.717) is 5.41 Å². The summed E-state index contributed by atoms with van der Waals surface area (Å²) in [5.74, 6) is 3.01. The first-order valence-corrected chi connectivity index (χ1v) is 8.87. The Labute approximate surface area is 127 Å². The number of fused-ring (bicyclic) bond motifs is 5. The normalized spacial score (nSPS) is 57.9. The highest BCUT2D eigenvalue weighted by molar-refractivity contribution is 5.87. The number of hydrogen-bond acceptors (Lipinski definition) is 3. The molecule has 0 aromatic carbocycles. The first-order valence-electron chi connectivity index (χ1n) is 8.87. The van der Waals surface area contributed by atoms with E-state index in [2.05, 4.69) is 19.0 Å². The summed E-state index contributed by atoms with van der Waals surface area (Å²) in [5.41, 5.74) is 1.55. The van der Waals surface area contributed by atoms with Gasteiger partial charge in [-0.15, -0.1) is 0 Å². The van der Waals surface area contributed by atoms with Crippen molar-refractivity contribution in [3.63, 3.8) is 0 Å². The summed E-state index contributed by atoms with van der Waals surface area (Å²) >= 11 is 0. The summed E-state index contributed by atoms with van der Waals surface area (Å²) in [7, 11) is 0. The van der Waals surface area contributed by atoms with Gasteiger partial charge >= 0.3 is 0 Å². The standard InChI is InChI=1S/C18H29NO2/c1-17-8-7-15-13(14(17)5-6-16(17)20)4-3-11-9-12(19-21)10-18(11,15)2/h11,13-16,20-21H,3-10H2,1-2H3/b19-12+/t11-,13-,14-,15-,16-,17-,18-/m0/s1. The van der Waals surface area contributed by atoms with Crippen LogP contribution in [0.1, 0.15) is 65.2 Å². The average molecular weight is 291 g/mol. The summed E-state index contributed by atoms with van der Waals surface area (Å²) in [6.45, 7) is 4.80. The van der Waals surface area contributed by atoms with Gasteiger partial charge in [-0.05, 0) is 85.9 Å². The van der Waals surface area contributed by atoms with Crippen molar-refractivity contribution in [1.82, 2.24) is 0 Å². The fourth-order valence-corrected chi connectivity index (χ4v) is 6.99. The lowest BCUT2D eigenvalue weighted by Gasteiger charge is -2.57. The van der Waals surface area contributed by atoms with E-state index in [4.69, 9.17) is 0 Å². The van der Waals surface area contributed by atoms with Crippen LogP contribution >= 0.6 is 0 Å². The molecule has 0 saturated heterocycles. The maximum atomic E-state index is 10.5. The van der Waals surface area contributed by atoms with Gasteiger partial charge in [-0.3, -0.25) is 0 Å². The SMILES string of the molecule is C[C@]12C/C(=N/O)C[C@@H]1CC[C@@H]1[C@@H]2CC[C@]2(C)[C@@H](O)CC[C@@H]12. The minimum absolute atomic E-state index is 0.0767.